The monoisotopic (exact) mass is 296 g/mol. The highest BCUT2D eigenvalue weighted by Crippen LogP contribution is 2.09. The van der Waals surface area contributed by atoms with Gasteiger partial charge in [-0.3, -0.25) is 9.79 Å². The van der Waals surface area contributed by atoms with Crippen molar-refractivity contribution in [1.29, 1.82) is 0 Å². The quantitative estimate of drug-likeness (QED) is 0.425. The van der Waals surface area contributed by atoms with Gasteiger partial charge in [0.05, 0.1) is 6.54 Å². The van der Waals surface area contributed by atoms with Crippen LogP contribution in [0.1, 0.15) is 30.6 Å². The number of rotatable bonds is 6. The highest BCUT2D eigenvalue weighted by Gasteiger charge is 2.04. The summed E-state index contributed by atoms with van der Waals surface area (Å²) in [6.07, 6.45) is 0.976. The number of carbonyl (C=O) groups is 1. The van der Waals surface area contributed by atoms with E-state index in [0.29, 0.717) is 35.7 Å². The average Bonchev–Trinajstić information content (AvgIpc) is 2.44. The first-order valence-electron chi connectivity index (χ1n) is 6.63. The molecule has 1 atom stereocenters. The van der Waals surface area contributed by atoms with Crippen molar-refractivity contribution in [2.75, 3.05) is 13.1 Å². The van der Waals surface area contributed by atoms with E-state index in [1.165, 1.54) is 0 Å². The number of guanidine groups is 1. The maximum atomic E-state index is 11.8. The van der Waals surface area contributed by atoms with E-state index in [9.17, 15) is 4.79 Å². The van der Waals surface area contributed by atoms with Crippen molar-refractivity contribution in [3.8, 4) is 0 Å². The van der Waals surface area contributed by atoms with Gasteiger partial charge in [-0.05, 0) is 37.6 Å². The fourth-order valence-electron chi connectivity index (χ4n) is 1.45. The lowest BCUT2D eigenvalue weighted by atomic mass is 10.2. The Hall–Kier alpha value is -1.75. The number of hydrogen-bond donors (Lipinski definition) is 3. The summed E-state index contributed by atoms with van der Waals surface area (Å²) < 4.78 is 0. The van der Waals surface area contributed by atoms with E-state index in [4.69, 9.17) is 17.3 Å². The van der Waals surface area contributed by atoms with E-state index in [0.717, 1.165) is 6.42 Å². The van der Waals surface area contributed by atoms with E-state index >= 15 is 0 Å². The largest absolute Gasteiger partial charge is 0.370 e. The molecule has 1 aromatic carbocycles. The molecule has 0 radical (unpaired) electrons. The van der Waals surface area contributed by atoms with E-state index in [1.807, 2.05) is 6.92 Å². The highest BCUT2D eigenvalue weighted by molar-refractivity contribution is 6.30. The predicted octanol–water partition coefficient (Wildman–Crippen LogP) is 1.77. The first-order valence-corrected chi connectivity index (χ1v) is 7.01. The van der Waals surface area contributed by atoms with Gasteiger partial charge in [-0.15, -0.1) is 0 Å². The molecule has 0 aliphatic heterocycles. The smallest absolute Gasteiger partial charge is 0.251 e. The second-order valence-corrected chi connectivity index (χ2v) is 4.92. The number of aliphatic imine (C=N–C) groups is 1. The van der Waals surface area contributed by atoms with E-state index in [-0.39, 0.29) is 5.91 Å². The normalized spacial score (nSPS) is 12.8. The maximum Gasteiger partial charge on any atom is 0.251 e. The van der Waals surface area contributed by atoms with Crippen LogP contribution in [0.25, 0.3) is 0 Å². The number of nitrogens with zero attached hydrogens (tertiary/aromatic N) is 1. The molecule has 0 aliphatic carbocycles. The molecule has 0 aliphatic rings. The molecule has 0 heterocycles. The van der Waals surface area contributed by atoms with Crippen molar-refractivity contribution in [3.05, 3.63) is 34.9 Å². The van der Waals surface area contributed by atoms with Crippen LogP contribution < -0.4 is 16.4 Å². The lowest BCUT2D eigenvalue weighted by Gasteiger charge is -2.11. The van der Waals surface area contributed by atoms with Gasteiger partial charge in [0.15, 0.2) is 5.96 Å². The second kappa shape index (κ2) is 8.43. The Bertz CT molecular complexity index is 459. The van der Waals surface area contributed by atoms with Crippen molar-refractivity contribution >= 4 is 23.5 Å². The number of amides is 1. The van der Waals surface area contributed by atoms with Crippen LogP contribution in [0.2, 0.25) is 5.02 Å². The van der Waals surface area contributed by atoms with E-state index in [2.05, 4.69) is 22.5 Å². The topological polar surface area (TPSA) is 79.5 Å². The zero-order chi connectivity index (χ0) is 15.0. The number of hydrogen-bond acceptors (Lipinski definition) is 2. The standard InChI is InChI=1S/C14H21ClN4O/c1-3-10(2)19-14(16)18-9-8-17-13(20)11-4-6-12(15)7-5-11/h4-7,10H,3,8-9H2,1-2H3,(H,17,20)(H3,16,18,19). The van der Waals surface area contributed by atoms with Crippen LogP contribution in [0.3, 0.4) is 0 Å². The van der Waals surface area contributed by atoms with Gasteiger partial charge < -0.3 is 16.4 Å². The van der Waals surface area contributed by atoms with Crippen molar-refractivity contribution in [1.82, 2.24) is 10.6 Å². The molecular weight excluding hydrogens is 276 g/mol. The molecule has 6 heteroatoms. The Labute approximate surface area is 124 Å². The third-order valence-electron chi connectivity index (χ3n) is 2.79. The fraction of sp³-hybridized carbons (Fsp3) is 0.429. The van der Waals surface area contributed by atoms with Crippen LogP contribution in [0.15, 0.2) is 29.3 Å². The molecule has 5 nitrogen and oxygen atoms in total. The minimum absolute atomic E-state index is 0.148. The zero-order valence-corrected chi connectivity index (χ0v) is 12.6. The fourth-order valence-corrected chi connectivity index (χ4v) is 1.58. The van der Waals surface area contributed by atoms with Gasteiger partial charge in [0, 0.05) is 23.2 Å². The van der Waals surface area contributed by atoms with Gasteiger partial charge in [0.1, 0.15) is 0 Å². The number of carbonyl (C=O) groups excluding carboxylic acids is 1. The molecule has 0 bridgehead atoms. The molecule has 20 heavy (non-hydrogen) atoms. The lowest BCUT2D eigenvalue weighted by Crippen LogP contribution is -2.38. The number of benzene rings is 1. The molecule has 4 N–H and O–H groups in total. The average molecular weight is 297 g/mol. The van der Waals surface area contributed by atoms with Gasteiger partial charge in [-0.25, -0.2) is 0 Å². The van der Waals surface area contributed by atoms with Crippen LogP contribution in [-0.2, 0) is 0 Å². The molecule has 0 spiro atoms. The summed E-state index contributed by atoms with van der Waals surface area (Å²) in [4.78, 5) is 15.9. The molecule has 1 unspecified atom stereocenters. The minimum Gasteiger partial charge on any atom is -0.370 e. The van der Waals surface area contributed by atoms with Gasteiger partial charge in [-0.2, -0.15) is 0 Å². The second-order valence-electron chi connectivity index (χ2n) is 4.48. The molecule has 1 rings (SSSR count). The summed E-state index contributed by atoms with van der Waals surface area (Å²) in [5, 5.41) is 6.43. The number of nitrogens with two attached hydrogens (primary N) is 1. The van der Waals surface area contributed by atoms with Crippen LogP contribution >= 0.6 is 11.6 Å². The zero-order valence-electron chi connectivity index (χ0n) is 11.8. The van der Waals surface area contributed by atoms with E-state index < -0.39 is 0 Å². The maximum absolute atomic E-state index is 11.8. The summed E-state index contributed by atoms with van der Waals surface area (Å²) >= 11 is 5.76. The van der Waals surface area contributed by atoms with Crippen molar-refractivity contribution in [3.63, 3.8) is 0 Å². The first kappa shape index (κ1) is 16.3. The Kier molecular flexibility index (Phi) is 6.87. The number of halogens is 1. The molecule has 0 fully saturated rings. The van der Waals surface area contributed by atoms with Gasteiger partial charge in [-0.1, -0.05) is 18.5 Å². The van der Waals surface area contributed by atoms with Crippen molar-refractivity contribution < 1.29 is 4.79 Å². The summed E-state index contributed by atoms with van der Waals surface area (Å²) in [6.45, 7) is 4.97. The third-order valence-corrected chi connectivity index (χ3v) is 3.04. The Morgan fingerprint density at radius 1 is 1.40 bits per heavy atom. The summed E-state index contributed by atoms with van der Waals surface area (Å²) in [5.41, 5.74) is 6.28. The molecule has 0 saturated heterocycles. The van der Waals surface area contributed by atoms with Crippen molar-refractivity contribution in [2.24, 2.45) is 10.7 Å². The number of nitrogens with one attached hydrogen (secondary N) is 2. The predicted molar refractivity (Wildman–Crippen MR) is 83.2 cm³/mol. The molecule has 0 saturated carbocycles. The third kappa shape index (κ3) is 5.93. The van der Waals surface area contributed by atoms with E-state index in [1.54, 1.807) is 24.3 Å². The molecule has 1 aromatic rings. The molecular formula is C14H21ClN4O. The van der Waals surface area contributed by atoms with Crippen molar-refractivity contribution in [2.45, 2.75) is 26.3 Å². The molecule has 1 amide bonds. The summed E-state index contributed by atoms with van der Waals surface area (Å²) in [5.74, 6) is 0.255. The minimum atomic E-state index is -0.148. The van der Waals surface area contributed by atoms with Crippen LogP contribution in [0.5, 0.6) is 0 Å². The van der Waals surface area contributed by atoms with Crippen LogP contribution in [-0.4, -0.2) is 31.0 Å². The SMILES string of the molecule is CCC(C)NC(N)=NCCNC(=O)c1ccc(Cl)cc1. The molecule has 0 aromatic heterocycles. The van der Waals surface area contributed by atoms with Gasteiger partial charge >= 0.3 is 0 Å². The lowest BCUT2D eigenvalue weighted by molar-refractivity contribution is 0.0955. The first-order chi connectivity index (χ1) is 9.52. The summed E-state index contributed by atoms with van der Waals surface area (Å²) in [6, 6.07) is 7.02. The Morgan fingerprint density at radius 3 is 2.65 bits per heavy atom. The van der Waals surface area contributed by atoms with Crippen LogP contribution in [0, 0.1) is 0 Å². The van der Waals surface area contributed by atoms with Gasteiger partial charge in [0.2, 0.25) is 0 Å². The molecule has 110 valence electrons. The summed E-state index contributed by atoms with van der Waals surface area (Å²) in [7, 11) is 0. The van der Waals surface area contributed by atoms with Gasteiger partial charge in [0.25, 0.3) is 5.91 Å². The Balaban J connectivity index is 2.32. The van der Waals surface area contributed by atoms with Crippen LogP contribution in [0.4, 0.5) is 0 Å². The Morgan fingerprint density at radius 2 is 2.05 bits per heavy atom. The highest BCUT2D eigenvalue weighted by atomic mass is 35.5.